The van der Waals surface area contributed by atoms with Crippen LogP contribution < -0.4 is 11.0 Å². The smallest absolute Gasteiger partial charge is 0.333 e. The highest BCUT2D eigenvalue weighted by Gasteiger charge is 2.10. The maximum Gasteiger partial charge on any atom is 0.333 e. The average Bonchev–Trinajstić information content (AvgIpc) is 3.24. The van der Waals surface area contributed by atoms with Crippen molar-refractivity contribution in [1.29, 1.82) is 0 Å². The maximum absolute atomic E-state index is 11.8. The van der Waals surface area contributed by atoms with Crippen molar-refractivity contribution >= 4 is 0 Å². The van der Waals surface area contributed by atoms with E-state index in [4.69, 9.17) is 4.74 Å². The Hall–Kier alpha value is -3.11. The number of aryl methyl sites for hydroxylation is 1. The second-order valence-electron chi connectivity index (χ2n) is 9.21. The minimum Gasteiger partial charge on any atom is -0.508 e. The fourth-order valence-electron chi connectivity index (χ4n) is 4.20. The molecule has 6 N–H and O–H groups in total. The second kappa shape index (κ2) is 15.2. The van der Waals surface area contributed by atoms with Gasteiger partial charge in [-0.2, -0.15) is 0 Å². The summed E-state index contributed by atoms with van der Waals surface area (Å²) in [6, 6.07) is 12.4. The zero-order valence-corrected chi connectivity index (χ0v) is 21.2. The summed E-state index contributed by atoms with van der Waals surface area (Å²) in [7, 11) is 0. The van der Waals surface area contributed by atoms with Crippen LogP contribution in [0, 0.1) is 0 Å². The Morgan fingerprint density at radius 2 is 1.76 bits per heavy atom. The number of imidazole rings is 1. The van der Waals surface area contributed by atoms with E-state index >= 15 is 0 Å². The molecule has 0 aliphatic heterocycles. The highest BCUT2D eigenvalue weighted by atomic mass is 16.5. The lowest BCUT2D eigenvalue weighted by Gasteiger charge is -2.14. The van der Waals surface area contributed by atoms with E-state index in [9.17, 15) is 25.2 Å². The third-order valence-electron chi connectivity index (χ3n) is 6.32. The number of aromatic nitrogens is 2. The van der Waals surface area contributed by atoms with Crippen LogP contribution in [-0.4, -0.2) is 56.3 Å². The van der Waals surface area contributed by atoms with Crippen LogP contribution in [0.1, 0.15) is 61.3 Å². The van der Waals surface area contributed by atoms with E-state index in [-0.39, 0.29) is 23.9 Å². The van der Waals surface area contributed by atoms with Crippen molar-refractivity contribution < 1.29 is 25.2 Å². The number of rotatable bonds is 17. The molecule has 0 aliphatic rings. The summed E-state index contributed by atoms with van der Waals surface area (Å²) in [5.74, 6) is -0.0662. The molecule has 0 fully saturated rings. The predicted molar refractivity (Wildman–Crippen MR) is 142 cm³/mol. The van der Waals surface area contributed by atoms with Crippen LogP contribution in [0.4, 0.5) is 0 Å². The third-order valence-corrected chi connectivity index (χ3v) is 6.32. The number of hydrogen-bond donors (Lipinski definition) is 6. The second-order valence-corrected chi connectivity index (χ2v) is 9.21. The number of aliphatic hydroxyl groups excluding tert-OH is 2. The Morgan fingerprint density at radius 3 is 2.49 bits per heavy atom. The Kier molecular flexibility index (Phi) is 11.7. The van der Waals surface area contributed by atoms with E-state index in [1.54, 1.807) is 18.2 Å². The first-order chi connectivity index (χ1) is 18.0. The average molecular weight is 514 g/mol. The van der Waals surface area contributed by atoms with Gasteiger partial charge in [0.2, 0.25) is 5.88 Å². The van der Waals surface area contributed by atoms with E-state index in [2.05, 4.69) is 10.3 Å². The van der Waals surface area contributed by atoms with Gasteiger partial charge in [0, 0.05) is 25.3 Å². The number of H-pyrrole nitrogens is 1. The number of nitrogens with one attached hydrogen (secondary N) is 2. The number of aliphatic hydroxyl groups is 2. The third kappa shape index (κ3) is 9.05. The van der Waals surface area contributed by atoms with Gasteiger partial charge < -0.3 is 35.5 Å². The molecule has 0 amide bonds. The predicted octanol–water partition coefficient (Wildman–Crippen LogP) is 3.29. The molecular formula is C28H39N3O6. The fourth-order valence-corrected chi connectivity index (χ4v) is 4.20. The fraction of sp³-hybridized carbons (Fsp3) is 0.464. The molecule has 3 rings (SSSR count). The van der Waals surface area contributed by atoms with Crippen LogP contribution >= 0.6 is 0 Å². The summed E-state index contributed by atoms with van der Waals surface area (Å²) in [6.07, 6.45) is 7.66. The van der Waals surface area contributed by atoms with Crippen LogP contribution in [0.2, 0.25) is 0 Å². The molecule has 0 radical (unpaired) electrons. The summed E-state index contributed by atoms with van der Waals surface area (Å²) >= 11 is 0. The van der Waals surface area contributed by atoms with Gasteiger partial charge in [0.1, 0.15) is 5.75 Å². The molecule has 0 aliphatic carbocycles. The number of hydrogen-bond acceptors (Lipinski definition) is 7. The summed E-state index contributed by atoms with van der Waals surface area (Å²) in [5.41, 5.74) is 2.52. The van der Waals surface area contributed by atoms with Gasteiger partial charge in [0.25, 0.3) is 0 Å². The minimum absolute atomic E-state index is 0.0329. The molecule has 3 aromatic rings. The summed E-state index contributed by atoms with van der Waals surface area (Å²) < 4.78 is 7.00. The number of phenols is 1. The number of aromatic amines is 1. The van der Waals surface area contributed by atoms with Gasteiger partial charge in [0.15, 0.2) is 0 Å². The monoisotopic (exact) mass is 513 g/mol. The molecule has 2 aromatic carbocycles. The quantitative estimate of drug-likeness (QED) is 0.152. The van der Waals surface area contributed by atoms with Gasteiger partial charge in [-0.05, 0) is 80.5 Å². The summed E-state index contributed by atoms with van der Waals surface area (Å²) in [6.45, 7) is 2.46. The van der Waals surface area contributed by atoms with E-state index in [0.717, 1.165) is 70.3 Å². The molecule has 0 saturated carbocycles. The zero-order valence-electron chi connectivity index (χ0n) is 21.2. The standard InChI is InChI=1S/C28H39N3O6/c32-20-23-17-22(11-12-25(23)33)26(34)18-29-13-4-2-6-15-37-14-5-1-3-8-21-9-7-10-24(16-21)31-27(35)19-30-28(31)36/h7,9-12,16-17,19,26,29,32-35H,1-6,8,13-15,18,20H2,(H,30,36)/t26-/m0/s1. The lowest BCUT2D eigenvalue weighted by molar-refractivity contribution is 0.125. The molecule has 0 saturated heterocycles. The van der Waals surface area contributed by atoms with Crippen molar-refractivity contribution in [3.05, 3.63) is 75.8 Å². The Morgan fingerprint density at radius 1 is 0.973 bits per heavy atom. The molecule has 9 nitrogen and oxygen atoms in total. The van der Waals surface area contributed by atoms with Gasteiger partial charge in [0.05, 0.1) is 24.6 Å². The lowest BCUT2D eigenvalue weighted by atomic mass is 10.1. The van der Waals surface area contributed by atoms with Crippen LogP contribution in [0.3, 0.4) is 0 Å². The number of nitrogens with zero attached hydrogens (tertiary/aromatic N) is 1. The Bertz CT molecular complexity index is 1140. The molecule has 9 heteroatoms. The number of aromatic hydroxyl groups is 2. The Balaban J connectivity index is 1.17. The summed E-state index contributed by atoms with van der Waals surface area (Å²) in [5, 5.41) is 42.2. The first-order valence-corrected chi connectivity index (χ1v) is 13.0. The molecule has 1 aromatic heterocycles. The molecular weight excluding hydrogens is 474 g/mol. The van der Waals surface area contributed by atoms with Crippen molar-refractivity contribution in [1.82, 2.24) is 14.9 Å². The minimum atomic E-state index is -0.685. The van der Waals surface area contributed by atoms with Crippen molar-refractivity contribution in [2.45, 2.75) is 57.7 Å². The first kappa shape index (κ1) is 28.5. The van der Waals surface area contributed by atoms with E-state index in [1.807, 2.05) is 18.2 Å². The van der Waals surface area contributed by atoms with Crippen LogP contribution in [0.5, 0.6) is 11.6 Å². The zero-order chi connectivity index (χ0) is 26.5. The molecule has 1 heterocycles. The van der Waals surface area contributed by atoms with E-state index in [0.29, 0.717) is 23.4 Å². The Labute approximate surface area is 217 Å². The molecule has 0 unspecified atom stereocenters. The maximum atomic E-state index is 11.8. The van der Waals surface area contributed by atoms with Crippen LogP contribution in [0.15, 0.2) is 53.5 Å². The normalized spacial score (nSPS) is 12.2. The van der Waals surface area contributed by atoms with E-state index < -0.39 is 6.10 Å². The van der Waals surface area contributed by atoms with Crippen LogP contribution in [0.25, 0.3) is 5.69 Å². The highest BCUT2D eigenvalue weighted by molar-refractivity contribution is 5.39. The molecule has 37 heavy (non-hydrogen) atoms. The SMILES string of the molecule is O=c1[nH]cc(O)n1-c1cccc(CCCCCOCCCCCNC[C@H](O)c2ccc(O)c(CO)c2)c1. The molecule has 0 spiro atoms. The van der Waals surface area contributed by atoms with Gasteiger partial charge in [-0.1, -0.05) is 24.6 Å². The van der Waals surface area contributed by atoms with Crippen molar-refractivity contribution in [2.24, 2.45) is 0 Å². The molecule has 0 bridgehead atoms. The van der Waals surface area contributed by atoms with Gasteiger partial charge in [-0.25, -0.2) is 9.36 Å². The van der Waals surface area contributed by atoms with Crippen molar-refractivity contribution in [3.63, 3.8) is 0 Å². The van der Waals surface area contributed by atoms with Crippen molar-refractivity contribution in [2.75, 3.05) is 26.3 Å². The summed E-state index contributed by atoms with van der Waals surface area (Å²) in [4.78, 5) is 14.3. The first-order valence-electron chi connectivity index (χ1n) is 13.0. The highest BCUT2D eigenvalue weighted by Crippen LogP contribution is 2.22. The van der Waals surface area contributed by atoms with Gasteiger partial charge in [-0.15, -0.1) is 0 Å². The van der Waals surface area contributed by atoms with E-state index in [1.165, 1.54) is 16.8 Å². The largest absolute Gasteiger partial charge is 0.508 e. The van der Waals surface area contributed by atoms with Crippen molar-refractivity contribution in [3.8, 4) is 17.3 Å². The van der Waals surface area contributed by atoms with Crippen LogP contribution in [-0.2, 0) is 17.8 Å². The molecule has 1 atom stereocenters. The number of benzene rings is 2. The van der Waals surface area contributed by atoms with Gasteiger partial charge in [-0.3, -0.25) is 0 Å². The number of unbranched alkanes of at least 4 members (excludes halogenated alkanes) is 4. The lowest BCUT2D eigenvalue weighted by Crippen LogP contribution is -2.22. The topological polar surface area (TPSA) is 140 Å². The number of ether oxygens (including phenoxy) is 1. The van der Waals surface area contributed by atoms with Gasteiger partial charge >= 0.3 is 5.69 Å². The molecule has 202 valence electrons.